The molecular formula is C35H52O3. The summed E-state index contributed by atoms with van der Waals surface area (Å²) in [7, 11) is 0. The Balaban J connectivity index is 3.33. The van der Waals surface area contributed by atoms with E-state index in [0.717, 1.165) is 38.5 Å². The standard InChI is InChI=1S/C35H52O3/c1-2-34(37)30-26-23-21-19-17-15-13-11-9-7-5-3-4-6-8-10-12-14-16-18-20-22-24-27-31-35(38)32-28-25-29-33-36/h1,3,5,26,30,34-38H,4,6,8,10-24,27,31,33H2. The summed E-state index contributed by atoms with van der Waals surface area (Å²) in [5.41, 5.74) is 0. The molecule has 0 spiro atoms. The van der Waals surface area contributed by atoms with Crippen molar-refractivity contribution >= 4 is 0 Å². The summed E-state index contributed by atoms with van der Waals surface area (Å²) in [4.78, 5) is 0. The predicted octanol–water partition coefficient (Wildman–Crippen LogP) is 7.26. The van der Waals surface area contributed by atoms with E-state index < -0.39 is 12.2 Å². The normalized spacial score (nSPS) is 12.2. The van der Waals surface area contributed by atoms with E-state index in [4.69, 9.17) is 11.5 Å². The maximum atomic E-state index is 9.72. The van der Waals surface area contributed by atoms with Gasteiger partial charge >= 0.3 is 0 Å². The first-order chi connectivity index (χ1) is 18.7. The van der Waals surface area contributed by atoms with Crippen molar-refractivity contribution in [3.63, 3.8) is 0 Å². The summed E-state index contributed by atoms with van der Waals surface area (Å²) in [6, 6.07) is 0. The lowest BCUT2D eigenvalue weighted by molar-refractivity contribution is 0.217. The van der Waals surface area contributed by atoms with Crippen LogP contribution in [-0.2, 0) is 0 Å². The second-order valence-electron chi connectivity index (χ2n) is 9.78. The molecule has 0 saturated carbocycles. The molecule has 0 rings (SSSR count). The van der Waals surface area contributed by atoms with Crippen molar-refractivity contribution in [1.82, 2.24) is 0 Å². The highest BCUT2D eigenvalue weighted by atomic mass is 16.3. The molecule has 0 saturated heterocycles. The van der Waals surface area contributed by atoms with Crippen LogP contribution in [0.4, 0.5) is 0 Å². The zero-order chi connectivity index (χ0) is 27.8. The van der Waals surface area contributed by atoms with Crippen molar-refractivity contribution in [3.05, 3.63) is 24.3 Å². The zero-order valence-electron chi connectivity index (χ0n) is 23.7. The van der Waals surface area contributed by atoms with Crippen LogP contribution < -0.4 is 0 Å². The number of terminal acetylenes is 1. The first-order valence-corrected chi connectivity index (χ1v) is 14.9. The van der Waals surface area contributed by atoms with E-state index in [0.29, 0.717) is 6.42 Å². The summed E-state index contributed by atoms with van der Waals surface area (Å²) in [6.07, 6.45) is 35.5. The van der Waals surface area contributed by atoms with E-state index >= 15 is 0 Å². The first-order valence-electron chi connectivity index (χ1n) is 14.9. The average Bonchev–Trinajstić information content (AvgIpc) is 2.92. The van der Waals surface area contributed by atoms with Crippen LogP contribution >= 0.6 is 0 Å². The quantitative estimate of drug-likeness (QED) is 0.0800. The van der Waals surface area contributed by atoms with Crippen LogP contribution in [0.3, 0.4) is 0 Å². The van der Waals surface area contributed by atoms with E-state index in [1.54, 1.807) is 6.08 Å². The summed E-state index contributed by atoms with van der Waals surface area (Å²) in [5.74, 6) is 18.9. The van der Waals surface area contributed by atoms with E-state index in [1.807, 2.05) is 12.2 Å². The van der Waals surface area contributed by atoms with Gasteiger partial charge in [-0.15, -0.1) is 6.42 Å². The Hall–Kier alpha value is -2.40. The number of aliphatic hydroxyl groups is 3. The van der Waals surface area contributed by atoms with Crippen molar-refractivity contribution in [2.45, 2.75) is 141 Å². The molecule has 0 heterocycles. The number of hydrogen-bond donors (Lipinski definition) is 3. The zero-order valence-corrected chi connectivity index (χ0v) is 23.7. The van der Waals surface area contributed by atoms with Crippen LogP contribution in [0.1, 0.15) is 128 Å². The fraction of sp³-hybridized carbons (Fsp3) is 0.657. The van der Waals surface area contributed by atoms with Crippen LogP contribution in [0, 0.1) is 47.9 Å². The monoisotopic (exact) mass is 520 g/mol. The molecule has 0 aliphatic rings. The fourth-order valence-corrected chi connectivity index (χ4v) is 4.03. The third-order valence-corrected chi connectivity index (χ3v) is 6.28. The molecule has 0 aromatic carbocycles. The number of rotatable bonds is 22. The van der Waals surface area contributed by atoms with Crippen LogP contribution in [0.2, 0.25) is 0 Å². The Morgan fingerprint density at radius 3 is 1.79 bits per heavy atom. The molecule has 210 valence electrons. The lowest BCUT2D eigenvalue weighted by atomic mass is 10.0. The lowest BCUT2D eigenvalue weighted by Crippen LogP contribution is -2.01. The Morgan fingerprint density at radius 2 is 1.18 bits per heavy atom. The molecular weight excluding hydrogens is 468 g/mol. The van der Waals surface area contributed by atoms with Crippen molar-refractivity contribution in [3.8, 4) is 47.9 Å². The summed E-state index contributed by atoms with van der Waals surface area (Å²) in [5, 5.41) is 27.5. The summed E-state index contributed by atoms with van der Waals surface area (Å²) < 4.78 is 0. The molecule has 0 fully saturated rings. The van der Waals surface area contributed by atoms with Crippen molar-refractivity contribution in [2.75, 3.05) is 6.61 Å². The van der Waals surface area contributed by atoms with E-state index in [1.165, 1.54) is 83.5 Å². The second kappa shape index (κ2) is 30.8. The van der Waals surface area contributed by atoms with Crippen molar-refractivity contribution < 1.29 is 15.3 Å². The number of aliphatic hydroxyl groups excluding tert-OH is 3. The molecule has 0 bridgehead atoms. The third kappa shape index (κ3) is 29.8. The lowest BCUT2D eigenvalue weighted by Gasteiger charge is -2.04. The van der Waals surface area contributed by atoms with Gasteiger partial charge in [-0.1, -0.05) is 119 Å². The van der Waals surface area contributed by atoms with E-state index in [-0.39, 0.29) is 6.61 Å². The van der Waals surface area contributed by atoms with Gasteiger partial charge in [-0.2, -0.15) is 0 Å². The Labute approximate surface area is 234 Å². The van der Waals surface area contributed by atoms with Gasteiger partial charge in [0.1, 0.15) is 18.8 Å². The predicted molar refractivity (Wildman–Crippen MR) is 162 cm³/mol. The van der Waals surface area contributed by atoms with Crippen LogP contribution in [0.5, 0.6) is 0 Å². The minimum absolute atomic E-state index is 0.190. The highest BCUT2D eigenvalue weighted by Gasteiger charge is 1.99. The Bertz CT molecular complexity index is 813. The smallest absolute Gasteiger partial charge is 0.133 e. The van der Waals surface area contributed by atoms with Crippen LogP contribution in [0.25, 0.3) is 0 Å². The van der Waals surface area contributed by atoms with E-state index in [9.17, 15) is 10.2 Å². The molecule has 3 nitrogen and oxygen atoms in total. The molecule has 2 unspecified atom stereocenters. The number of hydrogen-bond acceptors (Lipinski definition) is 3. The summed E-state index contributed by atoms with van der Waals surface area (Å²) >= 11 is 0. The van der Waals surface area contributed by atoms with Gasteiger partial charge < -0.3 is 15.3 Å². The van der Waals surface area contributed by atoms with Gasteiger partial charge in [0.15, 0.2) is 0 Å². The molecule has 0 amide bonds. The highest BCUT2D eigenvalue weighted by Crippen LogP contribution is 2.13. The van der Waals surface area contributed by atoms with Gasteiger partial charge in [0.25, 0.3) is 0 Å². The SMILES string of the molecule is C#CC(O)C=CCCCCCCCC#CC=CCCCCCCCCCCCCCC(O)C#CC#CCO. The van der Waals surface area contributed by atoms with Gasteiger partial charge in [-0.25, -0.2) is 0 Å². The van der Waals surface area contributed by atoms with Gasteiger partial charge in [0.2, 0.25) is 0 Å². The molecule has 0 aromatic rings. The molecule has 38 heavy (non-hydrogen) atoms. The third-order valence-electron chi connectivity index (χ3n) is 6.28. The molecule has 0 radical (unpaired) electrons. The van der Waals surface area contributed by atoms with Crippen molar-refractivity contribution in [1.29, 1.82) is 0 Å². The topological polar surface area (TPSA) is 60.7 Å². The minimum Gasteiger partial charge on any atom is -0.384 e. The number of allylic oxidation sites excluding steroid dienone is 3. The van der Waals surface area contributed by atoms with Gasteiger partial charge in [0, 0.05) is 6.42 Å². The maximum Gasteiger partial charge on any atom is 0.133 e. The highest BCUT2D eigenvalue weighted by molar-refractivity contribution is 5.27. The average molecular weight is 521 g/mol. The van der Waals surface area contributed by atoms with Crippen LogP contribution in [-0.4, -0.2) is 34.1 Å². The molecule has 2 atom stereocenters. The van der Waals surface area contributed by atoms with Crippen LogP contribution in [0.15, 0.2) is 24.3 Å². The molecule has 0 aromatic heterocycles. The first kappa shape index (κ1) is 35.6. The minimum atomic E-state index is -0.739. The number of unbranched alkanes of at least 4 members (excludes halogenated alkanes) is 17. The second-order valence-corrected chi connectivity index (χ2v) is 9.78. The molecule has 0 aliphatic heterocycles. The summed E-state index contributed by atoms with van der Waals surface area (Å²) in [6.45, 7) is -0.190. The molecule has 3 N–H and O–H groups in total. The Morgan fingerprint density at radius 1 is 0.632 bits per heavy atom. The van der Waals surface area contributed by atoms with Gasteiger partial charge in [0.05, 0.1) is 0 Å². The fourth-order valence-electron chi connectivity index (χ4n) is 4.03. The molecule has 0 aliphatic carbocycles. The largest absolute Gasteiger partial charge is 0.384 e. The Kier molecular flexibility index (Phi) is 28.9. The van der Waals surface area contributed by atoms with E-state index in [2.05, 4.69) is 47.5 Å². The molecule has 3 heteroatoms. The maximum absolute atomic E-state index is 9.72. The van der Waals surface area contributed by atoms with Gasteiger partial charge in [-0.05, 0) is 68.9 Å². The van der Waals surface area contributed by atoms with Crippen molar-refractivity contribution in [2.24, 2.45) is 0 Å². The van der Waals surface area contributed by atoms with Gasteiger partial charge in [-0.3, -0.25) is 0 Å².